The maximum Gasteiger partial charge on any atom is 0.338 e. The molecule has 15 heavy (non-hydrogen) atoms. The van der Waals surface area contributed by atoms with Crippen LogP contribution in [0.5, 0.6) is 0 Å². The lowest BCUT2D eigenvalue weighted by molar-refractivity contribution is -0.156. The molecule has 0 radical (unpaired) electrons. The van der Waals surface area contributed by atoms with E-state index in [1.807, 2.05) is 6.92 Å². The fourth-order valence-electron chi connectivity index (χ4n) is 1.06. The first-order valence-corrected chi connectivity index (χ1v) is 5.61. The molecular weight excluding hydrogens is 192 g/mol. The Kier molecular flexibility index (Phi) is 8.73. The van der Waals surface area contributed by atoms with Gasteiger partial charge in [-0.3, -0.25) is 4.79 Å². The van der Waals surface area contributed by atoms with E-state index in [2.05, 4.69) is 11.7 Å². The van der Waals surface area contributed by atoms with Crippen LogP contribution in [0.15, 0.2) is 12.2 Å². The van der Waals surface area contributed by atoms with E-state index in [4.69, 9.17) is 0 Å². The van der Waals surface area contributed by atoms with Crippen molar-refractivity contribution in [3.8, 4) is 0 Å². The zero-order valence-corrected chi connectivity index (χ0v) is 9.62. The topological polar surface area (TPSA) is 43.4 Å². The third kappa shape index (κ3) is 9.19. The van der Waals surface area contributed by atoms with Gasteiger partial charge in [0.1, 0.15) is 0 Å². The van der Waals surface area contributed by atoms with Crippen LogP contribution in [-0.4, -0.2) is 11.9 Å². The highest BCUT2D eigenvalue weighted by Crippen LogP contribution is 2.01. The van der Waals surface area contributed by atoms with E-state index in [1.54, 1.807) is 6.08 Å². The maximum absolute atomic E-state index is 11.1. The van der Waals surface area contributed by atoms with Gasteiger partial charge in [0.2, 0.25) is 0 Å². The van der Waals surface area contributed by atoms with E-state index in [0.29, 0.717) is 6.42 Å². The van der Waals surface area contributed by atoms with Crippen molar-refractivity contribution >= 4 is 11.9 Å². The van der Waals surface area contributed by atoms with Crippen LogP contribution in [0.1, 0.15) is 52.4 Å². The van der Waals surface area contributed by atoms with Crippen LogP contribution >= 0.6 is 0 Å². The lowest BCUT2D eigenvalue weighted by atomic mass is 10.2. The molecule has 0 atom stereocenters. The van der Waals surface area contributed by atoms with Gasteiger partial charge in [-0.25, -0.2) is 4.79 Å². The molecule has 0 saturated heterocycles. The van der Waals surface area contributed by atoms with Crippen LogP contribution in [0.2, 0.25) is 0 Å². The van der Waals surface area contributed by atoms with Crippen LogP contribution in [0.25, 0.3) is 0 Å². The summed E-state index contributed by atoms with van der Waals surface area (Å²) in [6.07, 6.45) is 8.03. The summed E-state index contributed by atoms with van der Waals surface area (Å²) in [4.78, 5) is 22.1. The number of allylic oxidation sites excluding steroid dienone is 1. The summed E-state index contributed by atoms with van der Waals surface area (Å²) in [6.45, 7) is 4.08. The Morgan fingerprint density at radius 1 is 1.13 bits per heavy atom. The van der Waals surface area contributed by atoms with Crippen molar-refractivity contribution in [2.75, 3.05) is 0 Å². The van der Waals surface area contributed by atoms with Crippen molar-refractivity contribution in [3.05, 3.63) is 12.2 Å². The number of rotatable bonds is 7. The Morgan fingerprint density at radius 3 is 2.47 bits per heavy atom. The van der Waals surface area contributed by atoms with Crippen molar-refractivity contribution in [2.45, 2.75) is 52.4 Å². The summed E-state index contributed by atoms with van der Waals surface area (Å²) in [6, 6.07) is 0. The number of unbranched alkanes of at least 4 members (excludes halogenated alkanes) is 3. The molecule has 3 nitrogen and oxygen atoms in total. The van der Waals surface area contributed by atoms with Crippen molar-refractivity contribution in [2.24, 2.45) is 0 Å². The lowest BCUT2D eigenvalue weighted by Gasteiger charge is -1.99. The molecule has 0 aliphatic carbocycles. The number of esters is 2. The molecule has 0 aromatic carbocycles. The van der Waals surface area contributed by atoms with Crippen molar-refractivity contribution in [1.82, 2.24) is 0 Å². The smallest absolute Gasteiger partial charge is 0.338 e. The predicted octanol–water partition coefficient (Wildman–Crippen LogP) is 2.99. The fourth-order valence-corrected chi connectivity index (χ4v) is 1.06. The largest absolute Gasteiger partial charge is 0.390 e. The van der Waals surface area contributed by atoms with Gasteiger partial charge in [0.05, 0.1) is 0 Å². The monoisotopic (exact) mass is 212 g/mol. The summed E-state index contributed by atoms with van der Waals surface area (Å²) >= 11 is 0. The van der Waals surface area contributed by atoms with Gasteiger partial charge in [-0.15, -0.1) is 0 Å². The Hall–Kier alpha value is -1.12. The molecule has 0 aliphatic rings. The van der Waals surface area contributed by atoms with Gasteiger partial charge in [-0.05, 0) is 12.8 Å². The molecule has 0 bridgehead atoms. The van der Waals surface area contributed by atoms with E-state index >= 15 is 0 Å². The average Bonchev–Trinajstić information content (AvgIpc) is 2.18. The molecule has 0 spiro atoms. The molecule has 0 N–H and O–H groups in total. The van der Waals surface area contributed by atoms with Gasteiger partial charge in [-0.1, -0.05) is 39.2 Å². The summed E-state index contributed by atoms with van der Waals surface area (Å²) in [7, 11) is 0. The second-order valence-corrected chi connectivity index (χ2v) is 3.44. The zero-order valence-electron chi connectivity index (χ0n) is 9.62. The number of hydrogen-bond donors (Lipinski definition) is 0. The summed E-state index contributed by atoms with van der Waals surface area (Å²) in [5.41, 5.74) is 0. The second kappa shape index (κ2) is 9.44. The molecule has 0 saturated carbocycles. The molecular formula is C12H20O3. The van der Waals surface area contributed by atoms with E-state index in [0.717, 1.165) is 32.1 Å². The number of carbonyl (C=O) groups excluding carboxylic acids is 2. The second-order valence-electron chi connectivity index (χ2n) is 3.44. The lowest BCUT2D eigenvalue weighted by Crippen LogP contribution is -2.09. The van der Waals surface area contributed by atoms with Crippen LogP contribution in [0.4, 0.5) is 0 Å². The van der Waals surface area contributed by atoms with E-state index in [-0.39, 0.29) is 0 Å². The van der Waals surface area contributed by atoms with Gasteiger partial charge in [-0.2, -0.15) is 0 Å². The number of hydrogen-bond acceptors (Lipinski definition) is 3. The van der Waals surface area contributed by atoms with Crippen LogP contribution < -0.4 is 0 Å². The quantitative estimate of drug-likeness (QED) is 0.282. The van der Waals surface area contributed by atoms with Gasteiger partial charge in [0.15, 0.2) is 0 Å². The van der Waals surface area contributed by atoms with E-state index in [9.17, 15) is 9.59 Å². The first-order valence-electron chi connectivity index (χ1n) is 5.61. The van der Waals surface area contributed by atoms with Crippen LogP contribution in [-0.2, 0) is 14.3 Å². The fraction of sp³-hybridized carbons (Fsp3) is 0.667. The Morgan fingerprint density at radius 2 is 1.87 bits per heavy atom. The highest BCUT2D eigenvalue weighted by Gasteiger charge is 2.06. The predicted molar refractivity (Wildman–Crippen MR) is 59.3 cm³/mol. The molecule has 0 aromatic rings. The number of ether oxygens (including phenoxy) is 1. The highest BCUT2D eigenvalue weighted by molar-refractivity contribution is 5.91. The minimum absolute atomic E-state index is 0.335. The zero-order chi connectivity index (χ0) is 11.5. The molecule has 0 aliphatic heterocycles. The summed E-state index contributed by atoms with van der Waals surface area (Å²) in [5.74, 6) is -0.973. The molecule has 0 rings (SSSR count). The first-order chi connectivity index (χ1) is 7.20. The van der Waals surface area contributed by atoms with Crippen molar-refractivity contribution in [1.29, 1.82) is 0 Å². The van der Waals surface area contributed by atoms with Gasteiger partial charge >= 0.3 is 11.9 Å². The molecule has 86 valence electrons. The maximum atomic E-state index is 11.1. The van der Waals surface area contributed by atoms with Crippen molar-refractivity contribution in [3.63, 3.8) is 0 Å². The van der Waals surface area contributed by atoms with Gasteiger partial charge in [0.25, 0.3) is 0 Å². The molecule has 3 heteroatoms. The van der Waals surface area contributed by atoms with Gasteiger partial charge < -0.3 is 4.74 Å². The standard InChI is InChI=1S/C12H20O3/c1-3-5-7-9-11(13)15-12(14)10-8-6-4-2/h7,9H,3-6,8,10H2,1-2H3/b9-7-. The SMILES string of the molecule is CCC/C=C\C(=O)OC(=O)CCCCC. The Bertz CT molecular complexity index is 219. The van der Waals surface area contributed by atoms with Crippen LogP contribution in [0, 0.1) is 0 Å². The highest BCUT2D eigenvalue weighted by atomic mass is 16.6. The molecule has 0 aromatic heterocycles. The van der Waals surface area contributed by atoms with Gasteiger partial charge in [0, 0.05) is 12.5 Å². The third-order valence-electron chi connectivity index (χ3n) is 1.91. The molecule has 0 heterocycles. The van der Waals surface area contributed by atoms with E-state index in [1.165, 1.54) is 6.08 Å². The minimum atomic E-state index is -0.551. The normalized spacial score (nSPS) is 10.5. The third-order valence-corrected chi connectivity index (χ3v) is 1.91. The molecule has 0 fully saturated rings. The minimum Gasteiger partial charge on any atom is -0.390 e. The summed E-state index contributed by atoms with van der Waals surface area (Å²) in [5, 5.41) is 0. The molecule has 0 unspecified atom stereocenters. The Balaban J connectivity index is 3.62. The number of carbonyl (C=O) groups is 2. The molecule has 0 amide bonds. The first kappa shape index (κ1) is 13.9. The van der Waals surface area contributed by atoms with Crippen LogP contribution in [0.3, 0.4) is 0 Å². The summed E-state index contributed by atoms with van der Waals surface area (Å²) < 4.78 is 4.58. The average molecular weight is 212 g/mol. The Labute approximate surface area is 91.5 Å². The van der Waals surface area contributed by atoms with E-state index < -0.39 is 11.9 Å². The van der Waals surface area contributed by atoms with Crippen molar-refractivity contribution < 1.29 is 14.3 Å².